The second kappa shape index (κ2) is 6.50. The molecule has 1 saturated heterocycles. The van der Waals surface area contributed by atoms with Crippen LogP contribution in [0.3, 0.4) is 0 Å². The lowest BCUT2D eigenvalue weighted by Gasteiger charge is -2.33. The number of fused-ring (bicyclic) bond motifs is 1. The van der Waals surface area contributed by atoms with Crippen molar-refractivity contribution in [2.24, 2.45) is 0 Å². The summed E-state index contributed by atoms with van der Waals surface area (Å²) in [7, 11) is 0. The molecule has 1 unspecified atom stereocenters. The molecule has 118 valence electrons. The third-order valence-corrected chi connectivity index (χ3v) is 3.72. The molecular formula is C15H17F2N3O2. The van der Waals surface area contributed by atoms with Crippen LogP contribution in [-0.2, 0) is 4.74 Å². The molecule has 1 aromatic heterocycles. The van der Waals surface area contributed by atoms with Crippen LogP contribution in [0.15, 0.2) is 18.3 Å². The number of ether oxygens (including phenoxy) is 1. The molecule has 3 rings (SSSR count). The molecule has 1 aliphatic heterocycles. The highest BCUT2D eigenvalue weighted by molar-refractivity contribution is 5.75. The van der Waals surface area contributed by atoms with Crippen molar-refractivity contribution < 1.29 is 18.6 Å². The number of hydrogen-bond acceptors (Lipinski definition) is 5. The molecule has 1 atom stereocenters. The third kappa shape index (κ3) is 3.15. The first-order chi connectivity index (χ1) is 10.7. The molecule has 2 aromatic rings. The number of halogens is 2. The van der Waals surface area contributed by atoms with Crippen molar-refractivity contribution in [3.63, 3.8) is 0 Å². The van der Waals surface area contributed by atoms with E-state index >= 15 is 0 Å². The van der Waals surface area contributed by atoms with Crippen molar-refractivity contribution in [2.45, 2.75) is 18.9 Å². The van der Waals surface area contributed by atoms with Crippen molar-refractivity contribution in [1.29, 1.82) is 0 Å². The Kier molecular flexibility index (Phi) is 4.44. The van der Waals surface area contributed by atoms with Crippen LogP contribution in [0, 0.1) is 11.6 Å². The minimum atomic E-state index is -0.929. The third-order valence-electron chi connectivity index (χ3n) is 3.72. The van der Waals surface area contributed by atoms with Gasteiger partial charge in [-0.2, -0.15) is 0 Å². The minimum Gasteiger partial charge on any atom is -0.394 e. The summed E-state index contributed by atoms with van der Waals surface area (Å²) in [6.07, 6.45) is 3.46. The van der Waals surface area contributed by atoms with Crippen LogP contribution in [0.25, 0.3) is 11.0 Å². The van der Waals surface area contributed by atoms with Crippen molar-refractivity contribution >= 4 is 16.9 Å². The molecule has 0 radical (unpaired) electrons. The van der Waals surface area contributed by atoms with E-state index in [9.17, 15) is 8.78 Å². The predicted molar refractivity (Wildman–Crippen MR) is 77.7 cm³/mol. The molecule has 1 N–H and O–H groups in total. The molecule has 0 bridgehead atoms. The van der Waals surface area contributed by atoms with Crippen LogP contribution in [0.5, 0.6) is 0 Å². The van der Waals surface area contributed by atoms with Gasteiger partial charge in [0.15, 0.2) is 11.6 Å². The van der Waals surface area contributed by atoms with Gasteiger partial charge in [-0.25, -0.2) is 13.8 Å². The van der Waals surface area contributed by atoms with E-state index in [-0.39, 0.29) is 12.7 Å². The van der Waals surface area contributed by atoms with Gasteiger partial charge in [-0.15, -0.1) is 0 Å². The molecule has 1 aliphatic rings. The maximum Gasteiger partial charge on any atom is 0.161 e. The van der Waals surface area contributed by atoms with Crippen molar-refractivity contribution in [3.05, 3.63) is 30.0 Å². The Hall–Kier alpha value is -1.86. The van der Waals surface area contributed by atoms with E-state index in [1.807, 2.05) is 4.90 Å². The van der Waals surface area contributed by atoms with Crippen LogP contribution < -0.4 is 4.90 Å². The summed E-state index contributed by atoms with van der Waals surface area (Å²) >= 11 is 0. The van der Waals surface area contributed by atoms with E-state index in [4.69, 9.17) is 9.84 Å². The average Bonchev–Trinajstić information content (AvgIpc) is 2.54. The number of nitrogens with zero attached hydrogens (tertiary/aromatic N) is 3. The normalized spacial score (nSPS) is 18.9. The Balaban J connectivity index is 1.81. The topological polar surface area (TPSA) is 58.5 Å². The fourth-order valence-corrected chi connectivity index (χ4v) is 2.65. The quantitative estimate of drug-likeness (QED) is 0.934. The molecule has 5 nitrogen and oxygen atoms in total. The number of piperidine rings is 1. The summed E-state index contributed by atoms with van der Waals surface area (Å²) in [5.41, 5.74) is 0.655. The molecule has 22 heavy (non-hydrogen) atoms. The second-order valence-electron chi connectivity index (χ2n) is 5.29. The highest BCUT2D eigenvalue weighted by atomic mass is 19.2. The van der Waals surface area contributed by atoms with Crippen LogP contribution in [0.1, 0.15) is 12.8 Å². The molecule has 0 amide bonds. The van der Waals surface area contributed by atoms with Gasteiger partial charge in [0.2, 0.25) is 0 Å². The molecule has 1 aromatic carbocycles. The van der Waals surface area contributed by atoms with Gasteiger partial charge in [0, 0.05) is 25.2 Å². The fraction of sp³-hybridized carbons (Fsp3) is 0.467. The predicted octanol–water partition coefficient (Wildman–Crippen LogP) is 1.89. The van der Waals surface area contributed by atoms with Crippen molar-refractivity contribution in [1.82, 2.24) is 9.97 Å². The van der Waals surface area contributed by atoms with Gasteiger partial charge in [0.05, 0.1) is 36.5 Å². The number of aliphatic hydroxyl groups is 1. The zero-order valence-electron chi connectivity index (χ0n) is 12.0. The van der Waals surface area contributed by atoms with Crippen LogP contribution in [0.2, 0.25) is 0 Å². The van der Waals surface area contributed by atoms with Gasteiger partial charge in [-0.05, 0) is 12.8 Å². The van der Waals surface area contributed by atoms with E-state index in [0.29, 0.717) is 30.0 Å². The number of aliphatic hydroxyl groups excluding tert-OH is 1. The molecule has 0 aliphatic carbocycles. The summed E-state index contributed by atoms with van der Waals surface area (Å²) in [6.45, 7) is 1.76. The number of hydrogen-bond donors (Lipinski definition) is 1. The summed E-state index contributed by atoms with van der Waals surface area (Å²) in [5, 5.41) is 8.82. The maximum absolute atomic E-state index is 13.3. The average molecular weight is 309 g/mol. The van der Waals surface area contributed by atoms with E-state index in [0.717, 1.165) is 31.5 Å². The first kappa shape index (κ1) is 15.1. The Bertz CT molecular complexity index is 669. The molecule has 2 heterocycles. The zero-order valence-corrected chi connectivity index (χ0v) is 12.0. The molecule has 1 fully saturated rings. The largest absolute Gasteiger partial charge is 0.394 e. The summed E-state index contributed by atoms with van der Waals surface area (Å²) in [5.74, 6) is -1.23. The van der Waals surface area contributed by atoms with Gasteiger partial charge in [-0.3, -0.25) is 4.98 Å². The lowest BCUT2D eigenvalue weighted by molar-refractivity contribution is 0.0213. The second-order valence-corrected chi connectivity index (χ2v) is 5.29. The van der Waals surface area contributed by atoms with Gasteiger partial charge < -0.3 is 14.7 Å². The summed E-state index contributed by atoms with van der Waals surface area (Å²) in [6, 6.07) is 2.11. The van der Waals surface area contributed by atoms with Gasteiger partial charge in [0.25, 0.3) is 0 Å². The molecular weight excluding hydrogens is 292 g/mol. The lowest BCUT2D eigenvalue weighted by atomic mass is 10.1. The minimum absolute atomic E-state index is 0.00286. The number of benzene rings is 1. The van der Waals surface area contributed by atoms with Crippen LogP contribution in [0.4, 0.5) is 14.6 Å². The first-order valence-corrected chi connectivity index (χ1v) is 7.26. The number of rotatable bonds is 4. The van der Waals surface area contributed by atoms with E-state index in [1.54, 1.807) is 6.20 Å². The highest BCUT2D eigenvalue weighted by Crippen LogP contribution is 2.22. The fourth-order valence-electron chi connectivity index (χ4n) is 2.65. The monoisotopic (exact) mass is 309 g/mol. The van der Waals surface area contributed by atoms with Gasteiger partial charge in [0.1, 0.15) is 5.82 Å². The molecule has 0 spiro atoms. The standard InChI is InChI=1S/C15H17F2N3O2/c16-11-6-13-14(7-12(11)17)19-15(8-18-13)20-3-1-2-10(9-20)22-5-4-21/h6-8,10,21H,1-5,9H2. The smallest absolute Gasteiger partial charge is 0.161 e. The SMILES string of the molecule is OCCOC1CCCN(c2cnc3cc(F)c(F)cc3n2)C1. The van der Waals surface area contributed by atoms with E-state index in [1.165, 1.54) is 0 Å². The molecule has 0 saturated carbocycles. The van der Waals surface area contributed by atoms with Crippen molar-refractivity contribution in [3.8, 4) is 0 Å². The van der Waals surface area contributed by atoms with Crippen LogP contribution in [-0.4, -0.2) is 47.5 Å². The lowest BCUT2D eigenvalue weighted by Crippen LogP contribution is -2.40. The number of aromatic nitrogens is 2. The van der Waals surface area contributed by atoms with E-state index < -0.39 is 11.6 Å². The van der Waals surface area contributed by atoms with E-state index in [2.05, 4.69) is 9.97 Å². The zero-order chi connectivity index (χ0) is 15.5. The van der Waals surface area contributed by atoms with Crippen LogP contribution >= 0.6 is 0 Å². The summed E-state index contributed by atoms with van der Waals surface area (Å²) in [4.78, 5) is 10.5. The Morgan fingerprint density at radius 2 is 2.05 bits per heavy atom. The van der Waals surface area contributed by atoms with Crippen molar-refractivity contribution in [2.75, 3.05) is 31.2 Å². The molecule has 7 heteroatoms. The number of anilines is 1. The van der Waals surface area contributed by atoms with Gasteiger partial charge in [-0.1, -0.05) is 0 Å². The van der Waals surface area contributed by atoms with Gasteiger partial charge >= 0.3 is 0 Å². The summed E-state index contributed by atoms with van der Waals surface area (Å²) < 4.78 is 32.1. The Morgan fingerprint density at radius 3 is 2.82 bits per heavy atom. The maximum atomic E-state index is 13.3. The highest BCUT2D eigenvalue weighted by Gasteiger charge is 2.22. The first-order valence-electron chi connectivity index (χ1n) is 7.26. The Labute approximate surface area is 126 Å². The Morgan fingerprint density at radius 1 is 1.27 bits per heavy atom.